The number of benzene rings is 1. The quantitative estimate of drug-likeness (QED) is 0.310. The van der Waals surface area contributed by atoms with E-state index in [4.69, 9.17) is 4.74 Å². The van der Waals surface area contributed by atoms with Crippen LogP contribution >= 0.6 is 39.9 Å². The molecule has 0 heterocycles. The van der Waals surface area contributed by atoms with Gasteiger partial charge in [-0.05, 0) is 18.1 Å². The van der Waals surface area contributed by atoms with Crippen molar-refractivity contribution in [1.82, 2.24) is 10.2 Å². The average molecular weight is 456 g/mol. The summed E-state index contributed by atoms with van der Waals surface area (Å²) >= 11 is 3.57. The fourth-order valence-electron chi connectivity index (χ4n) is 1.76. The minimum Gasteiger partial charge on any atom is -0.385 e. The molecule has 0 aliphatic rings. The molecule has 1 rings (SSSR count). The van der Waals surface area contributed by atoms with Crippen LogP contribution in [-0.4, -0.2) is 45.2 Å². The lowest BCUT2D eigenvalue weighted by Gasteiger charge is -2.22. The summed E-state index contributed by atoms with van der Waals surface area (Å²) in [6, 6.07) is 8.23. The van der Waals surface area contributed by atoms with Gasteiger partial charge in [0.15, 0.2) is 5.96 Å². The van der Waals surface area contributed by atoms with Crippen molar-refractivity contribution >= 4 is 45.9 Å². The number of halogens is 2. The summed E-state index contributed by atoms with van der Waals surface area (Å²) in [5.41, 5.74) is 1.24. The van der Waals surface area contributed by atoms with Crippen molar-refractivity contribution in [2.24, 2.45) is 4.99 Å². The van der Waals surface area contributed by atoms with Crippen molar-refractivity contribution in [3.05, 3.63) is 34.3 Å². The first-order valence-electron chi connectivity index (χ1n) is 6.33. The van der Waals surface area contributed by atoms with Crippen LogP contribution in [0.15, 0.2) is 33.7 Å². The maximum Gasteiger partial charge on any atom is 0.193 e. The van der Waals surface area contributed by atoms with Gasteiger partial charge in [0, 0.05) is 45.4 Å². The summed E-state index contributed by atoms with van der Waals surface area (Å²) in [4.78, 5) is 6.39. The van der Waals surface area contributed by atoms with E-state index in [2.05, 4.69) is 43.3 Å². The number of aliphatic imine (C=N–C) groups is 1. The number of ether oxygens (including phenoxy) is 1. The van der Waals surface area contributed by atoms with E-state index in [-0.39, 0.29) is 24.0 Å². The third-order valence-corrected chi connectivity index (χ3v) is 3.52. The van der Waals surface area contributed by atoms with Crippen LogP contribution in [0.1, 0.15) is 12.0 Å². The summed E-state index contributed by atoms with van der Waals surface area (Å²) in [5.74, 6) is 0.895. The van der Waals surface area contributed by atoms with Gasteiger partial charge in [0.25, 0.3) is 0 Å². The molecule has 1 aromatic rings. The monoisotopic (exact) mass is 455 g/mol. The Balaban J connectivity index is 0.00000361. The predicted octanol–water partition coefficient (Wildman–Crippen LogP) is 3.11. The van der Waals surface area contributed by atoms with Gasteiger partial charge in [-0.1, -0.05) is 34.1 Å². The van der Waals surface area contributed by atoms with E-state index >= 15 is 0 Å². The average Bonchev–Trinajstić information content (AvgIpc) is 2.41. The molecule has 20 heavy (non-hydrogen) atoms. The van der Waals surface area contributed by atoms with Gasteiger partial charge in [-0.3, -0.25) is 4.99 Å². The van der Waals surface area contributed by atoms with Gasteiger partial charge in [0.05, 0.1) is 0 Å². The highest BCUT2D eigenvalue weighted by molar-refractivity contribution is 14.0. The van der Waals surface area contributed by atoms with Gasteiger partial charge in [-0.15, -0.1) is 24.0 Å². The number of hydrogen-bond acceptors (Lipinski definition) is 2. The highest BCUT2D eigenvalue weighted by atomic mass is 127. The molecule has 0 spiro atoms. The molecule has 0 aliphatic carbocycles. The number of rotatable bonds is 6. The Labute approximate surface area is 147 Å². The van der Waals surface area contributed by atoms with Gasteiger partial charge in [0.1, 0.15) is 0 Å². The van der Waals surface area contributed by atoms with Crippen LogP contribution in [0.3, 0.4) is 0 Å². The molecule has 0 bridgehead atoms. The SMILES string of the molecule is CN=C(NCCCOC)N(C)Cc1ccccc1Br.I. The van der Waals surface area contributed by atoms with E-state index in [1.54, 1.807) is 14.2 Å². The molecule has 0 saturated carbocycles. The first-order valence-corrected chi connectivity index (χ1v) is 7.12. The van der Waals surface area contributed by atoms with E-state index < -0.39 is 0 Å². The van der Waals surface area contributed by atoms with Crippen LogP contribution in [-0.2, 0) is 11.3 Å². The Morgan fingerprint density at radius 1 is 1.40 bits per heavy atom. The van der Waals surface area contributed by atoms with Gasteiger partial charge in [-0.2, -0.15) is 0 Å². The molecular weight excluding hydrogens is 433 g/mol. The van der Waals surface area contributed by atoms with Crippen LogP contribution in [0.2, 0.25) is 0 Å². The molecule has 0 aromatic heterocycles. The molecule has 0 saturated heterocycles. The van der Waals surface area contributed by atoms with Crippen LogP contribution in [0.4, 0.5) is 0 Å². The lowest BCUT2D eigenvalue weighted by atomic mass is 10.2. The minimum atomic E-state index is 0. The molecular formula is C14H23BrIN3O. The summed E-state index contributed by atoms with van der Waals surface area (Å²) in [6.07, 6.45) is 0.971. The van der Waals surface area contributed by atoms with E-state index in [1.807, 2.05) is 19.2 Å². The number of hydrogen-bond donors (Lipinski definition) is 1. The van der Waals surface area contributed by atoms with Gasteiger partial charge >= 0.3 is 0 Å². The number of nitrogens with one attached hydrogen (secondary N) is 1. The van der Waals surface area contributed by atoms with Crippen molar-refractivity contribution in [2.75, 3.05) is 34.4 Å². The fraction of sp³-hybridized carbons (Fsp3) is 0.500. The zero-order valence-corrected chi connectivity index (χ0v) is 16.1. The summed E-state index contributed by atoms with van der Waals surface area (Å²) in [5, 5.41) is 3.32. The molecule has 114 valence electrons. The Morgan fingerprint density at radius 2 is 2.10 bits per heavy atom. The Kier molecular flexibility index (Phi) is 11.1. The molecule has 0 unspecified atom stereocenters. The highest BCUT2D eigenvalue weighted by Gasteiger charge is 2.07. The van der Waals surface area contributed by atoms with Gasteiger partial charge in [0.2, 0.25) is 0 Å². The normalized spacial score (nSPS) is 10.9. The smallest absolute Gasteiger partial charge is 0.193 e. The zero-order valence-electron chi connectivity index (χ0n) is 12.2. The maximum atomic E-state index is 5.03. The molecule has 6 heteroatoms. The molecule has 0 aliphatic heterocycles. The number of guanidine groups is 1. The first-order chi connectivity index (χ1) is 9.19. The Hall–Kier alpha value is -0.340. The Morgan fingerprint density at radius 3 is 2.70 bits per heavy atom. The largest absolute Gasteiger partial charge is 0.385 e. The first kappa shape index (κ1) is 19.7. The molecule has 0 radical (unpaired) electrons. The molecule has 0 amide bonds. The third-order valence-electron chi connectivity index (χ3n) is 2.75. The lowest BCUT2D eigenvalue weighted by Crippen LogP contribution is -2.39. The van der Waals surface area contributed by atoms with Crippen molar-refractivity contribution in [1.29, 1.82) is 0 Å². The molecule has 0 fully saturated rings. The van der Waals surface area contributed by atoms with Gasteiger partial charge < -0.3 is 15.0 Å². The van der Waals surface area contributed by atoms with Crippen molar-refractivity contribution < 1.29 is 4.74 Å². The number of nitrogens with zero attached hydrogens (tertiary/aromatic N) is 2. The second-order valence-electron chi connectivity index (χ2n) is 4.27. The summed E-state index contributed by atoms with van der Waals surface area (Å²) in [7, 11) is 5.55. The second kappa shape index (κ2) is 11.3. The topological polar surface area (TPSA) is 36.9 Å². The predicted molar refractivity (Wildman–Crippen MR) is 98.9 cm³/mol. The van der Waals surface area contributed by atoms with E-state index in [1.165, 1.54) is 5.56 Å². The van der Waals surface area contributed by atoms with Crippen molar-refractivity contribution in [3.8, 4) is 0 Å². The van der Waals surface area contributed by atoms with E-state index in [9.17, 15) is 0 Å². The van der Waals surface area contributed by atoms with E-state index in [0.717, 1.165) is 36.5 Å². The fourth-order valence-corrected chi connectivity index (χ4v) is 2.17. The van der Waals surface area contributed by atoms with Crippen LogP contribution in [0, 0.1) is 0 Å². The van der Waals surface area contributed by atoms with Crippen molar-refractivity contribution in [2.45, 2.75) is 13.0 Å². The highest BCUT2D eigenvalue weighted by Crippen LogP contribution is 2.17. The second-order valence-corrected chi connectivity index (χ2v) is 5.12. The Bertz CT molecular complexity index is 415. The maximum absolute atomic E-state index is 5.03. The van der Waals surface area contributed by atoms with E-state index in [0.29, 0.717) is 0 Å². The molecule has 0 atom stereocenters. The minimum absolute atomic E-state index is 0. The van der Waals surface area contributed by atoms with Gasteiger partial charge in [-0.25, -0.2) is 0 Å². The zero-order chi connectivity index (χ0) is 14.1. The van der Waals surface area contributed by atoms with Crippen LogP contribution in [0.25, 0.3) is 0 Å². The number of methoxy groups -OCH3 is 1. The summed E-state index contributed by atoms with van der Waals surface area (Å²) in [6.45, 7) is 2.43. The van der Waals surface area contributed by atoms with Crippen LogP contribution < -0.4 is 5.32 Å². The van der Waals surface area contributed by atoms with Crippen molar-refractivity contribution in [3.63, 3.8) is 0 Å². The standard InChI is InChI=1S/C14H22BrN3O.HI/c1-16-14(17-9-6-10-19-3)18(2)11-12-7-4-5-8-13(12)15;/h4-5,7-8H,6,9-11H2,1-3H3,(H,16,17);1H. The molecule has 4 nitrogen and oxygen atoms in total. The van der Waals surface area contributed by atoms with Crippen LogP contribution in [0.5, 0.6) is 0 Å². The lowest BCUT2D eigenvalue weighted by molar-refractivity contribution is 0.195. The molecule has 1 aromatic carbocycles. The third kappa shape index (κ3) is 6.90. The molecule has 1 N–H and O–H groups in total. The summed E-state index contributed by atoms with van der Waals surface area (Å²) < 4.78 is 6.15.